The summed E-state index contributed by atoms with van der Waals surface area (Å²) in [5.41, 5.74) is 0. The van der Waals surface area contributed by atoms with Gasteiger partial charge in [-0.3, -0.25) is 4.90 Å². The lowest BCUT2D eigenvalue weighted by Crippen LogP contribution is -2.34. The van der Waals surface area contributed by atoms with Crippen molar-refractivity contribution in [2.24, 2.45) is 0 Å². The molecule has 0 aromatic rings. The third-order valence-corrected chi connectivity index (χ3v) is 2.87. The first-order valence-electron chi connectivity index (χ1n) is 6.78. The van der Waals surface area contributed by atoms with E-state index in [1.165, 1.54) is 38.6 Å². The van der Waals surface area contributed by atoms with Crippen molar-refractivity contribution in [2.45, 2.75) is 65.8 Å². The molecule has 0 bridgehead atoms. The Balaban J connectivity index is 0.000000442. The Morgan fingerprint density at radius 1 is 0.933 bits per heavy atom. The van der Waals surface area contributed by atoms with E-state index in [2.05, 4.69) is 4.90 Å². The van der Waals surface area contributed by atoms with Crippen molar-refractivity contribution < 1.29 is 4.74 Å². The SMILES string of the molecule is C1CCC(N2CCOC2)CC1.CC.CC. The second-order valence-electron chi connectivity index (χ2n) is 3.64. The molecule has 1 aliphatic heterocycles. The van der Waals surface area contributed by atoms with Crippen LogP contribution in [0.25, 0.3) is 0 Å². The Bertz CT molecular complexity index is 116. The van der Waals surface area contributed by atoms with E-state index < -0.39 is 0 Å². The third kappa shape index (κ3) is 5.53. The second kappa shape index (κ2) is 10.4. The summed E-state index contributed by atoms with van der Waals surface area (Å²) in [6.07, 6.45) is 7.13. The van der Waals surface area contributed by atoms with Gasteiger partial charge in [-0.2, -0.15) is 0 Å². The van der Waals surface area contributed by atoms with E-state index >= 15 is 0 Å². The highest BCUT2D eigenvalue weighted by molar-refractivity contribution is 4.75. The first-order chi connectivity index (χ1) is 7.47. The van der Waals surface area contributed by atoms with Gasteiger partial charge in [0.2, 0.25) is 0 Å². The third-order valence-electron chi connectivity index (χ3n) is 2.87. The van der Waals surface area contributed by atoms with Gasteiger partial charge in [0.15, 0.2) is 0 Å². The van der Waals surface area contributed by atoms with Crippen LogP contribution in [0, 0.1) is 0 Å². The minimum atomic E-state index is 0.853. The number of nitrogens with zero attached hydrogens (tertiary/aromatic N) is 1. The molecule has 2 heteroatoms. The van der Waals surface area contributed by atoms with Gasteiger partial charge >= 0.3 is 0 Å². The average molecular weight is 215 g/mol. The summed E-state index contributed by atoms with van der Waals surface area (Å²) in [7, 11) is 0. The highest BCUT2D eigenvalue weighted by Gasteiger charge is 2.23. The lowest BCUT2D eigenvalue weighted by molar-refractivity contribution is 0.0988. The van der Waals surface area contributed by atoms with E-state index in [1.54, 1.807) is 0 Å². The van der Waals surface area contributed by atoms with Crippen molar-refractivity contribution in [1.82, 2.24) is 4.90 Å². The largest absolute Gasteiger partial charge is 0.365 e. The van der Waals surface area contributed by atoms with E-state index in [9.17, 15) is 0 Å². The first-order valence-corrected chi connectivity index (χ1v) is 6.78. The van der Waals surface area contributed by atoms with Crippen molar-refractivity contribution in [3.63, 3.8) is 0 Å². The van der Waals surface area contributed by atoms with E-state index in [0.717, 1.165) is 19.4 Å². The van der Waals surface area contributed by atoms with Gasteiger partial charge in [-0.15, -0.1) is 0 Å². The predicted octanol–water partition coefficient (Wildman–Crippen LogP) is 3.66. The Kier molecular flexibility index (Phi) is 10.4. The van der Waals surface area contributed by atoms with Crippen LogP contribution in [0.5, 0.6) is 0 Å². The molecule has 1 aliphatic carbocycles. The fraction of sp³-hybridized carbons (Fsp3) is 1.00. The maximum Gasteiger partial charge on any atom is 0.0994 e. The molecule has 2 rings (SSSR count). The Hall–Kier alpha value is -0.0800. The summed E-state index contributed by atoms with van der Waals surface area (Å²) in [6, 6.07) is 0.853. The molecule has 92 valence electrons. The van der Waals surface area contributed by atoms with Gasteiger partial charge in [0.25, 0.3) is 0 Å². The molecule has 0 aromatic heterocycles. The molecule has 0 N–H and O–H groups in total. The van der Waals surface area contributed by atoms with Crippen LogP contribution in [0.3, 0.4) is 0 Å². The molecular formula is C13H29NO. The van der Waals surface area contributed by atoms with Gasteiger partial charge in [-0.25, -0.2) is 0 Å². The molecule has 1 heterocycles. The van der Waals surface area contributed by atoms with Crippen LogP contribution in [0.4, 0.5) is 0 Å². The van der Waals surface area contributed by atoms with Crippen LogP contribution in [0.1, 0.15) is 59.8 Å². The molecule has 0 radical (unpaired) electrons. The molecule has 0 aromatic carbocycles. The lowest BCUT2D eigenvalue weighted by Gasteiger charge is -2.29. The standard InChI is InChI=1S/C9H17NO.2C2H6/c1-2-4-9(5-3-1)10-6-7-11-8-10;2*1-2/h9H,1-8H2;2*1-2H3. The second-order valence-corrected chi connectivity index (χ2v) is 3.64. The van der Waals surface area contributed by atoms with Gasteiger partial charge in [0, 0.05) is 12.6 Å². The van der Waals surface area contributed by atoms with Gasteiger partial charge in [-0.1, -0.05) is 47.0 Å². The Labute approximate surface area is 96.0 Å². The molecule has 15 heavy (non-hydrogen) atoms. The highest BCUT2D eigenvalue weighted by atomic mass is 16.5. The smallest absolute Gasteiger partial charge is 0.0994 e. The van der Waals surface area contributed by atoms with Crippen molar-refractivity contribution >= 4 is 0 Å². The summed E-state index contributed by atoms with van der Waals surface area (Å²) in [6.45, 7) is 11.0. The van der Waals surface area contributed by atoms with Crippen LogP contribution in [-0.4, -0.2) is 30.8 Å². The molecule has 2 nitrogen and oxygen atoms in total. The van der Waals surface area contributed by atoms with Crippen molar-refractivity contribution in [1.29, 1.82) is 0 Å². The van der Waals surface area contributed by atoms with Crippen molar-refractivity contribution in [2.75, 3.05) is 19.9 Å². The normalized spacial score (nSPS) is 22.4. The zero-order chi connectivity index (χ0) is 11.5. The fourth-order valence-corrected chi connectivity index (χ4v) is 2.16. The van der Waals surface area contributed by atoms with Crippen molar-refractivity contribution in [3.8, 4) is 0 Å². The van der Waals surface area contributed by atoms with Crippen LogP contribution in [0.15, 0.2) is 0 Å². The Morgan fingerprint density at radius 2 is 1.53 bits per heavy atom. The number of ether oxygens (including phenoxy) is 1. The number of rotatable bonds is 1. The highest BCUT2D eigenvalue weighted by Crippen LogP contribution is 2.23. The van der Waals surface area contributed by atoms with Crippen LogP contribution in [-0.2, 0) is 4.74 Å². The maximum atomic E-state index is 5.34. The van der Waals surface area contributed by atoms with Crippen LogP contribution < -0.4 is 0 Å². The van der Waals surface area contributed by atoms with Gasteiger partial charge in [0.05, 0.1) is 13.3 Å². The summed E-state index contributed by atoms with van der Waals surface area (Å²) in [5.74, 6) is 0. The predicted molar refractivity (Wildman–Crippen MR) is 67.1 cm³/mol. The molecule has 1 saturated carbocycles. The van der Waals surface area contributed by atoms with Crippen LogP contribution >= 0.6 is 0 Å². The molecule has 2 fully saturated rings. The van der Waals surface area contributed by atoms with E-state index in [-0.39, 0.29) is 0 Å². The number of hydrogen-bond acceptors (Lipinski definition) is 2. The molecular weight excluding hydrogens is 186 g/mol. The minimum Gasteiger partial charge on any atom is -0.365 e. The summed E-state index contributed by atoms with van der Waals surface area (Å²) in [5, 5.41) is 0. The maximum absolute atomic E-state index is 5.34. The summed E-state index contributed by atoms with van der Waals surface area (Å²) in [4.78, 5) is 2.50. The average Bonchev–Trinajstić information content (AvgIpc) is 2.89. The minimum absolute atomic E-state index is 0.853. The summed E-state index contributed by atoms with van der Waals surface area (Å²) >= 11 is 0. The molecule has 0 atom stereocenters. The van der Waals surface area contributed by atoms with Crippen molar-refractivity contribution in [3.05, 3.63) is 0 Å². The van der Waals surface area contributed by atoms with E-state index in [4.69, 9.17) is 4.74 Å². The monoisotopic (exact) mass is 215 g/mol. The van der Waals surface area contributed by atoms with Gasteiger partial charge in [-0.05, 0) is 12.8 Å². The zero-order valence-corrected chi connectivity index (χ0v) is 11.1. The van der Waals surface area contributed by atoms with Gasteiger partial charge in [0.1, 0.15) is 0 Å². The van der Waals surface area contributed by atoms with E-state index in [0.29, 0.717) is 0 Å². The Morgan fingerprint density at radius 3 is 2.00 bits per heavy atom. The summed E-state index contributed by atoms with van der Waals surface area (Å²) < 4.78 is 5.34. The fourth-order valence-electron chi connectivity index (χ4n) is 2.16. The number of hydrogen-bond donors (Lipinski definition) is 0. The van der Waals surface area contributed by atoms with Crippen LogP contribution in [0.2, 0.25) is 0 Å². The molecule has 0 unspecified atom stereocenters. The molecule has 2 aliphatic rings. The van der Waals surface area contributed by atoms with Gasteiger partial charge < -0.3 is 4.74 Å². The zero-order valence-electron chi connectivity index (χ0n) is 11.1. The molecule has 0 spiro atoms. The lowest BCUT2D eigenvalue weighted by atomic mass is 9.94. The first kappa shape index (κ1) is 14.9. The molecule has 1 saturated heterocycles. The topological polar surface area (TPSA) is 12.5 Å². The molecule has 0 amide bonds. The van der Waals surface area contributed by atoms with E-state index in [1.807, 2.05) is 27.7 Å². The quantitative estimate of drug-likeness (QED) is 0.662.